The van der Waals surface area contributed by atoms with E-state index in [-0.39, 0.29) is 0 Å². The first-order valence-corrected chi connectivity index (χ1v) is 8.78. The van der Waals surface area contributed by atoms with Crippen molar-refractivity contribution in [3.05, 3.63) is 29.3 Å². The van der Waals surface area contributed by atoms with Gasteiger partial charge in [-0.05, 0) is 30.7 Å². The number of nitrogens with zero attached hydrogens (tertiary/aromatic N) is 1. The maximum Gasteiger partial charge on any atom is 0.243 e. The predicted octanol–water partition coefficient (Wildman–Crippen LogP) is 3.53. The molecule has 0 spiro atoms. The number of halogens is 2. The van der Waals surface area contributed by atoms with Crippen molar-refractivity contribution in [1.82, 2.24) is 4.31 Å². The zero-order valence-electron chi connectivity index (χ0n) is 10.3. The number of hydrogen-bond donors (Lipinski definition) is 0. The molecule has 1 rings (SSSR count). The van der Waals surface area contributed by atoms with E-state index in [1.165, 1.54) is 4.31 Å². The number of rotatable bonds is 7. The summed E-state index contributed by atoms with van der Waals surface area (Å²) >= 11 is 9.06. The van der Waals surface area contributed by atoms with Crippen molar-refractivity contribution < 1.29 is 8.42 Å². The molecule has 0 heterocycles. The largest absolute Gasteiger partial charge is 0.243 e. The molecular formula is C12H17BrClNO2S. The van der Waals surface area contributed by atoms with Gasteiger partial charge in [0, 0.05) is 23.4 Å². The molecule has 0 aliphatic rings. The molecule has 1 aromatic rings. The van der Waals surface area contributed by atoms with Crippen LogP contribution in [0.5, 0.6) is 0 Å². The van der Waals surface area contributed by atoms with Crippen molar-refractivity contribution in [1.29, 1.82) is 0 Å². The number of sulfonamides is 1. The van der Waals surface area contributed by atoms with Crippen molar-refractivity contribution in [3.8, 4) is 0 Å². The number of alkyl halides is 1. The van der Waals surface area contributed by atoms with Crippen LogP contribution in [0.2, 0.25) is 5.02 Å². The highest BCUT2D eigenvalue weighted by atomic mass is 79.9. The van der Waals surface area contributed by atoms with E-state index in [1.807, 2.05) is 6.92 Å². The fraction of sp³-hybridized carbons (Fsp3) is 0.500. The van der Waals surface area contributed by atoms with Gasteiger partial charge >= 0.3 is 0 Å². The van der Waals surface area contributed by atoms with Gasteiger partial charge in [-0.2, -0.15) is 4.31 Å². The first-order chi connectivity index (χ1) is 8.52. The van der Waals surface area contributed by atoms with E-state index in [1.54, 1.807) is 24.3 Å². The predicted molar refractivity (Wildman–Crippen MR) is 78.9 cm³/mol. The summed E-state index contributed by atoms with van der Waals surface area (Å²) in [6, 6.07) is 6.29. The van der Waals surface area contributed by atoms with Crippen LogP contribution in [0.25, 0.3) is 0 Å². The fourth-order valence-electron chi connectivity index (χ4n) is 1.54. The van der Waals surface area contributed by atoms with E-state index in [4.69, 9.17) is 11.6 Å². The third-order valence-electron chi connectivity index (χ3n) is 2.55. The van der Waals surface area contributed by atoms with Gasteiger partial charge in [0.05, 0.1) is 4.90 Å². The van der Waals surface area contributed by atoms with Crippen molar-refractivity contribution in [2.24, 2.45) is 0 Å². The molecule has 0 saturated carbocycles. The van der Waals surface area contributed by atoms with E-state index < -0.39 is 10.0 Å². The third-order valence-corrected chi connectivity index (χ3v) is 5.07. The normalized spacial score (nSPS) is 12.0. The van der Waals surface area contributed by atoms with E-state index in [0.717, 1.165) is 12.8 Å². The van der Waals surface area contributed by atoms with Crippen LogP contribution in [-0.4, -0.2) is 31.1 Å². The second-order valence-electron chi connectivity index (χ2n) is 3.90. The van der Waals surface area contributed by atoms with Crippen LogP contribution in [0, 0.1) is 0 Å². The minimum absolute atomic E-state index is 0.295. The van der Waals surface area contributed by atoms with E-state index >= 15 is 0 Å². The maximum atomic E-state index is 12.4. The second kappa shape index (κ2) is 7.48. The number of benzene rings is 1. The van der Waals surface area contributed by atoms with Crippen molar-refractivity contribution in [3.63, 3.8) is 0 Å². The summed E-state index contributed by atoms with van der Waals surface area (Å²) in [5.41, 5.74) is 0. The lowest BCUT2D eigenvalue weighted by Gasteiger charge is -2.21. The Morgan fingerprint density at radius 2 is 1.83 bits per heavy atom. The van der Waals surface area contributed by atoms with Gasteiger partial charge in [-0.3, -0.25) is 0 Å². The van der Waals surface area contributed by atoms with E-state index in [2.05, 4.69) is 15.9 Å². The van der Waals surface area contributed by atoms with Crippen LogP contribution in [0.3, 0.4) is 0 Å². The number of unbranched alkanes of at least 4 members (excludes halogenated alkanes) is 1. The SMILES string of the molecule is CCCCN(CCBr)S(=O)(=O)c1ccc(Cl)cc1. The lowest BCUT2D eigenvalue weighted by molar-refractivity contribution is 0.422. The topological polar surface area (TPSA) is 37.4 Å². The Morgan fingerprint density at radius 3 is 2.33 bits per heavy atom. The molecule has 0 N–H and O–H groups in total. The molecule has 1 aromatic carbocycles. The summed E-state index contributed by atoms with van der Waals surface area (Å²) in [6.45, 7) is 3.07. The highest BCUT2D eigenvalue weighted by Crippen LogP contribution is 2.19. The van der Waals surface area contributed by atoms with Gasteiger partial charge in [0.2, 0.25) is 10.0 Å². The quantitative estimate of drug-likeness (QED) is 0.703. The maximum absolute atomic E-state index is 12.4. The second-order valence-corrected chi connectivity index (χ2v) is 7.07. The Balaban J connectivity index is 2.96. The first kappa shape index (κ1) is 16.0. The highest BCUT2D eigenvalue weighted by Gasteiger charge is 2.23. The van der Waals surface area contributed by atoms with Crippen molar-refractivity contribution in [2.75, 3.05) is 18.4 Å². The molecule has 0 amide bonds. The Labute approximate surface area is 122 Å². The molecular weight excluding hydrogens is 338 g/mol. The minimum atomic E-state index is -3.41. The summed E-state index contributed by atoms with van der Waals surface area (Å²) in [7, 11) is -3.41. The van der Waals surface area contributed by atoms with Crippen molar-refractivity contribution >= 4 is 37.6 Å². The zero-order valence-corrected chi connectivity index (χ0v) is 13.4. The molecule has 0 fully saturated rings. The Morgan fingerprint density at radius 1 is 1.22 bits per heavy atom. The molecule has 0 unspecified atom stereocenters. The van der Waals surface area contributed by atoms with Crippen LogP contribution in [0.15, 0.2) is 29.2 Å². The van der Waals surface area contributed by atoms with Crippen LogP contribution >= 0.6 is 27.5 Å². The molecule has 18 heavy (non-hydrogen) atoms. The minimum Gasteiger partial charge on any atom is -0.207 e. The van der Waals surface area contributed by atoms with Crippen LogP contribution in [-0.2, 0) is 10.0 Å². The van der Waals surface area contributed by atoms with Crippen molar-refractivity contribution in [2.45, 2.75) is 24.7 Å². The average Bonchev–Trinajstić information content (AvgIpc) is 2.35. The monoisotopic (exact) mass is 353 g/mol. The molecule has 0 bridgehead atoms. The highest BCUT2D eigenvalue weighted by molar-refractivity contribution is 9.09. The van der Waals surface area contributed by atoms with Gasteiger partial charge in [0.15, 0.2) is 0 Å². The molecule has 0 atom stereocenters. The standard InChI is InChI=1S/C12H17BrClNO2S/c1-2-3-9-15(10-8-13)18(16,17)12-6-4-11(14)5-7-12/h4-7H,2-3,8-10H2,1H3. The molecule has 0 radical (unpaired) electrons. The van der Waals surface area contributed by atoms with E-state index in [0.29, 0.717) is 28.3 Å². The van der Waals surface area contributed by atoms with Gasteiger partial charge in [-0.1, -0.05) is 40.9 Å². The van der Waals surface area contributed by atoms with Gasteiger partial charge in [0.25, 0.3) is 0 Å². The number of hydrogen-bond acceptors (Lipinski definition) is 2. The first-order valence-electron chi connectivity index (χ1n) is 5.84. The lowest BCUT2D eigenvalue weighted by atomic mass is 10.3. The van der Waals surface area contributed by atoms with E-state index in [9.17, 15) is 8.42 Å². The van der Waals surface area contributed by atoms with Crippen LogP contribution in [0.1, 0.15) is 19.8 Å². The summed E-state index contributed by atoms with van der Waals surface area (Å²) in [6.07, 6.45) is 1.83. The van der Waals surface area contributed by atoms with Crippen LogP contribution < -0.4 is 0 Å². The third kappa shape index (κ3) is 4.23. The molecule has 3 nitrogen and oxygen atoms in total. The smallest absolute Gasteiger partial charge is 0.207 e. The Bertz CT molecular complexity index is 461. The Hall–Kier alpha value is -0.100. The molecule has 0 aliphatic heterocycles. The summed E-state index contributed by atoms with van der Waals surface area (Å²) in [5.74, 6) is 0. The molecule has 102 valence electrons. The molecule has 0 aromatic heterocycles. The van der Waals surface area contributed by atoms with Gasteiger partial charge < -0.3 is 0 Å². The zero-order chi connectivity index (χ0) is 13.6. The molecule has 0 saturated heterocycles. The lowest BCUT2D eigenvalue weighted by Crippen LogP contribution is -2.33. The Kier molecular flexibility index (Phi) is 6.63. The molecule has 0 aliphatic carbocycles. The summed E-state index contributed by atoms with van der Waals surface area (Å²) in [4.78, 5) is 0.295. The van der Waals surface area contributed by atoms with Gasteiger partial charge in [-0.25, -0.2) is 8.42 Å². The van der Waals surface area contributed by atoms with Crippen LogP contribution in [0.4, 0.5) is 0 Å². The summed E-state index contributed by atoms with van der Waals surface area (Å²) in [5, 5.41) is 1.17. The van der Waals surface area contributed by atoms with Gasteiger partial charge in [-0.15, -0.1) is 0 Å². The average molecular weight is 355 g/mol. The molecule has 6 heteroatoms. The van der Waals surface area contributed by atoms with Gasteiger partial charge in [0.1, 0.15) is 0 Å². The fourth-order valence-corrected chi connectivity index (χ4v) is 3.80. The summed E-state index contributed by atoms with van der Waals surface area (Å²) < 4.78 is 26.3.